The zero-order valence-corrected chi connectivity index (χ0v) is 7.36. The van der Waals surface area contributed by atoms with Gasteiger partial charge in [0.1, 0.15) is 0 Å². The number of nitrogens with zero attached hydrogens (tertiary/aromatic N) is 1. The first-order chi connectivity index (χ1) is 6.24. The first-order valence-electron chi connectivity index (χ1n) is 3.52. The van der Waals surface area contributed by atoms with E-state index in [9.17, 15) is 9.59 Å². The standard InChI is InChI=1S/C9H6ClNO2/c10-9(13)7-1-3-8(4-2-7)11-5-6-12/h1-6H. The van der Waals surface area contributed by atoms with Crippen LogP contribution < -0.4 is 0 Å². The van der Waals surface area contributed by atoms with Gasteiger partial charge < -0.3 is 0 Å². The predicted molar refractivity (Wildman–Crippen MR) is 50.8 cm³/mol. The number of halogens is 1. The number of hydrogen-bond acceptors (Lipinski definition) is 3. The molecular formula is C9H6ClNO2. The normalized spacial score (nSPS) is 10.2. The van der Waals surface area contributed by atoms with Crippen LogP contribution in [0, 0.1) is 0 Å². The summed E-state index contributed by atoms with van der Waals surface area (Å²) in [6.07, 6.45) is 1.72. The van der Waals surface area contributed by atoms with E-state index in [4.69, 9.17) is 11.6 Å². The van der Waals surface area contributed by atoms with Crippen LogP contribution in [0.1, 0.15) is 10.4 Å². The fourth-order valence-electron chi connectivity index (χ4n) is 0.795. The van der Waals surface area contributed by atoms with E-state index in [1.807, 2.05) is 0 Å². The fraction of sp³-hybridized carbons (Fsp3) is 0. The van der Waals surface area contributed by atoms with Gasteiger partial charge in [0.25, 0.3) is 5.24 Å². The van der Waals surface area contributed by atoms with Crippen LogP contribution in [0.15, 0.2) is 29.3 Å². The van der Waals surface area contributed by atoms with Gasteiger partial charge in [-0.3, -0.25) is 14.6 Å². The maximum atomic E-state index is 10.6. The summed E-state index contributed by atoms with van der Waals surface area (Å²) < 4.78 is 0. The second kappa shape index (κ2) is 4.52. The molecule has 0 radical (unpaired) electrons. The molecule has 0 fully saturated rings. The molecular weight excluding hydrogens is 190 g/mol. The molecule has 0 heterocycles. The van der Waals surface area contributed by atoms with Crippen molar-refractivity contribution in [3.05, 3.63) is 29.8 Å². The van der Waals surface area contributed by atoms with E-state index in [0.717, 1.165) is 6.21 Å². The van der Waals surface area contributed by atoms with Gasteiger partial charge in [-0.15, -0.1) is 0 Å². The third-order valence-corrected chi connectivity index (χ3v) is 1.60. The Bertz CT molecular complexity index is 343. The third-order valence-electron chi connectivity index (χ3n) is 1.38. The van der Waals surface area contributed by atoms with Gasteiger partial charge in [0.15, 0.2) is 6.29 Å². The molecule has 1 aromatic rings. The third kappa shape index (κ3) is 2.80. The highest BCUT2D eigenvalue weighted by Crippen LogP contribution is 2.13. The summed E-state index contributed by atoms with van der Waals surface area (Å²) in [4.78, 5) is 24.3. The maximum absolute atomic E-state index is 10.6. The van der Waals surface area contributed by atoms with Crippen LogP contribution in [0.2, 0.25) is 0 Å². The summed E-state index contributed by atoms with van der Waals surface area (Å²) >= 11 is 5.23. The molecule has 66 valence electrons. The monoisotopic (exact) mass is 195 g/mol. The van der Waals surface area contributed by atoms with Crippen LogP contribution in [-0.4, -0.2) is 17.7 Å². The van der Waals surface area contributed by atoms with E-state index >= 15 is 0 Å². The van der Waals surface area contributed by atoms with Gasteiger partial charge in [0.05, 0.1) is 11.9 Å². The lowest BCUT2D eigenvalue weighted by Gasteiger charge is -1.93. The Morgan fingerprint density at radius 3 is 2.38 bits per heavy atom. The highest BCUT2D eigenvalue weighted by molar-refractivity contribution is 6.67. The van der Waals surface area contributed by atoms with Crippen molar-refractivity contribution >= 4 is 35.0 Å². The topological polar surface area (TPSA) is 46.5 Å². The number of aldehydes is 1. The molecule has 0 atom stereocenters. The van der Waals surface area contributed by atoms with Crippen molar-refractivity contribution in [2.45, 2.75) is 0 Å². The minimum absolute atomic E-state index is 0.409. The fourth-order valence-corrected chi connectivity index (χ4v) is 0.921. The van der Waals surface area contributed by atoms with Gasteiger partial charge in [-0.1, -0.05) is 0 Å². The Morgan fingerprint density at radius 1 is 1.31 bits per heavy atom. The minimum atomic E-state index is -0.508. The van der Waals surface area contributed by atoms with Crippen molar-refractivity contribution in [2.75, 3.05) is 0 Å². The number of carbonyl (C=O) groups excluding carboxylic acids is 2. The van der Waals surface area contributed by atoms with Crippen LogP contribution in [0.5, 0.6) is 0 Å². The Balaban J connectivity index is 2.87. The second-order valence-corrected chi connectivity index (χ2v) is 2.58. The Morgan fingerprint density at radius 2 is 1.92 bits per heavy atom. The zero-order valence-electron chi connectivity index (χ0n) is 6.61. The van der Waals surface area contributed by atoms with E-state index in [1.54, 1.807) is 24.3 Å². The van der Waals surface area contributed by atoms with Crippen molar-refractivity contribution in [1.82, 2.24) is 0 Å². The molecule has 0 aromatic heterocycles. The molecule has 0 aliphatic heterocycles. The van der Waals surface area contributed by atoms with Crippen molar-refractivity contribution in [3.63, 3.8) is 0 Å². The lowest BCUT2D eigenvalue weighted by atomic mass is 10.2. The van der Waals surface area contributed by atoms with Crippen LogP contribution in [-0.2, 0) is 4.79 Å². The van der Waals surface area contributed by atoms with Gasteiger partial charge in [0.2, 0.25) is 0 Å². The lowest BCUT2D eigenvalue weighted by Crippen LogP contribution is -1.85. The number of hydrogen-bond donors (Lipinski definition) is 0. The van der Waals surface area contributed by atoms with Crippen molar-refractivity contribution < 1.29 is 9.59 Å². The molecule has 0 N–H and O–H groups in total. The molecule has 3 nitrogen and oxygen atoms in total. The van der Waals surface area contributed by atoms with Gasteiger partial charge in [-0.25, -0.2) is 0 Å². The van der Waals surface area contributed by atoms with Gasteiger partial charge in [0, 0.05) is 5.56 Å². The molecule has 0 amide bonds. The first kappa shape index (κ1) is 9.61. The molecule has 1 rings (SSSR count). The van der Waals surface area contributed by atoms with Crippen LogP contribution >= 0.6 is 11.6 Å². The zero-order chi connectivity index (χ0) is 9.68. The van der Waals surface area contributed by atoms with Gasteiger partial charge in [-0.2, -0.15) is 0 Å². The molecule has 13 heavy (non-hydrogen) atoms. The average molecular weight is 196 g/mol. The Hall–Kier alpha value is -1.48. The first-order valence-corrected chi connectivity index (χ1v) is 3.89. The smallest absolute Gasteiger partial charge is 0.252 e. The molecule has 0 spiro atoms. The van der Waals surface area contributed by atoms with E-state index in [2.05, 4.69) is 4.99 Å². The molecule has 0 aliphatic carbocycles. The van der Waals surface area contributed by atoms with Crippen molar-refractivity contribution in [2.24, 2.45) is 4.99 Å². The largest absolute Gasteiger partial charge is 0.297 e. The van der Waals surface area contributed by atoms with Crippen molar-refractivity contribution in [1.29, 1.82) is 0 Å². The average Bonchev–Trinajstić information content (AvgIpc) is 2.15. The Labute approximate surface area is 80.0 Å². The number of carbonyl (C=O) groups is 2. The summed E-state index contributed by atoms with van der Waals surface area (Å²) in [5.41, 5.74) is 1.01. The van der Waals surface area contributed by atoms with Crippen LogP contribution in [0.25, 0.3) is 0 Å². The summed E-state index contributed by atoms with van der Waals surface area (Å²) in [7, 11) is 0. The van der Waals surface area contributed by atoms with E-state index in [0.29, 0.717) is 17.5 Å². The highest BCUT2D eigenvalue weighted by Gasteiger charge is 1.99. The quantitative estimate of drug-likeness (QED) is 0.421. The van der Waals surface area contributed by atoms with E-state index in [-0.39, 0.29) is 0 Å². The molecule has 0 unspecified atom stereocenters. The van der Waals surface area contributed by atoms with Crippen LogP contribution in [0.4, 0.5) is 5.69 Å². The summed E-state index contributed by atoms with van der Waals surface area (Å²) in [5, 5.41) is -0.508. The van der Waals surface area contributed by atoms with Crippen LogP contribution in [0.3, 0.4) is 0 Å². The molecule has 4 heteroatoms. The molecule has 1 aromatic carbocycles. The molecule has 0 saturated heterocycles. The van der Waals surface area contributed by atoms with Gasteiger partial charge in [-0.05, 0) is 35.9 Å². The SMILES string of the molecule is O=CC=Nc1ccc(C(=O)Cl)cc1. The molecule has 0 bridgehead atoms. The number of rotatable bonds is 3. The molecule has 0 aliphatic rings. The maximum Gasteiger partial charge on any atom is 0.252 e. The minimum Gasteiger partial charge on any atom is -0.297 e. The summed E-state index contributed by atoms with van der Waals surface area (Å²) in [6.45, 7) is 0. The summed E-state index contributed by atoms with van der Waals surface area (Å²) in [5.74, 6) is 0. The van der Waals surface area contributed by atoms with E-state index < -0.39 is 5.24 Å². The molecule has 0 saturated carbocycles. The van der Waals surface area contributed by atoms with E-state index in [1.165, 1.54) is 0 Å². The summed E-state index contributed by atoms with van der Waals surface area (Å²) in [6, 6.07) is 6.31. The van der Waals surface area contributed by atoms with Crippen molar-refractivity contribution in [3.8, 4) is 0 Å². The number of benzene rings is 1. The second-order valence-electron chi connectivity index (χ2n) is 2.23. The van der Waals surface area contributed by atoms with Gasteiger partial charge >= 0.3 is 0 Å². The predicted octanol–water partition coefficient (Wildman–Crippen LogP) is 1.97. The number of aliphatic imine (C=N–C) groups is 1. The lowest BCUT2D eigenvalue weighted by molar-refractivity contribution is -0.102. The highest BCUT2D eigenvalue weighted by atomic mass is 35.5. The Kier molecular flexibility index (Phi) is 3.34.